The van der Waals surface area contributed by atoms with Crippen LogP contribution in [0, 0.1) is 0 Å². The van der Waals surface area contributed by atoms with E-state index in [1.807, 2.05) is 0 Å². The standard InChI is InChI=1S/C11H14N2O4/c12-6-1-2-8(7(3-6)11(16)17)13-4-9(14)10(15)5-13/h1-3,9-10,14-15H,4-5,12H2,(H,16,17). The first-order valence-corrected chi connectivity index (χ1v) is 5.23. The van der Waals surface area contributed by atoms with Gasteiger partial charge >= 0.3 is 5.97 Å². The maximum atomic E-state index is 11.1. The lowest BCUT2D eigenvalue weighted by Gasteiger charge is -2.20. The summed E-state index contributed by atoms with van der Waals surface area (Å²) in [5.74, 6) is -1.08. The molecule has 0 bridgehead atoms. The van der Waals surface area contributed by atoms with Crippen LogP contribution in [-0.2, 0) is 0 Å². The van der Waals surface area contributed by atoms with Gasteiger partial charge in [-0.1, -0.05) is 0 Å². The molecule has 1 aromatic carbocycles. The number of aliphatic hydroxyl groups excluding tert-OH is 2. The number of nitrogens with two attached hydrogens (primary N) is 1. The zero-order valence-corrected chi connectivity index (χ0v) is 9.08. The molecule has 0 aromatic heterocycles. The van der Waals surface area contributed by atoms with Crippen molar-refractivity contribution >= 4 is 17.3 Å². The number of benzene rings is 1. The van der Waals surface area contributed by atoms with E-state index in [4.69, 9.17) is 10.8 Å². The van der Waals surface area contributed by atoms with Crippen molar-refractivity contribution < 1.29 is 20.1 Å². The maximum Gasteiger partial charge on any atom is 0.337 e. The molecule has 1 saturated heterocycles. The number of hydrogen-bond donors (Lipinski definition) is 4. The Labute approximate surface area is 97.9 Å². The highest BCUT2D eigenvalue weighted by Gasteiger charge is 2.31. The van der Waals surface area contributed by atoms with Gasteiger partial charge in [-0.15, -0.1) is 0 Å². The monoisotopic (exact) mass is 238 g/mol. The van der Waals surface area contributed by atoms with Gasteiger partial charge in [0, 0.05) is 18.8 Å². The van der Waals surface area contributed by atoms with Crippen LogP contribution in [-0.4, -0.2) is 46.6 Å². The number of aliphatic hydroxyl groups is 2. The summed E-state index contributed by atoms with van der Waals surface area (Å²) in [6.07, 6.45) is -1.71. The lowest BCUT2D eigenvalue weighted by Crippen LogP contribution is -2.23. The maximum absolute atomic E-state index is 11.1. The second kappa shape index (κ2) is 4.23. The van der Waals surface area contributed by atoms with Crippen molar-refractivity contribution in [3.8, 4) is 0 Å². The SMILES string of the molecule is Nc1ccc(N2CC(O)C(O)C2)c(C(=O)O)c1. The Kier molecular flexibility index (Phi) is 2.91. The number of anilines is 2. The van der Waals surface area contributed by atoms with Gasteiger partial charge in [-0.2, -0.15) is 0 Å². The molecule has 0 aliphatic carbocycles. The molecule has 1 heterocycles. The van der Waals surface area contributed by atoms with Gasteiger partial charge in [0.2, 0.25) is 0 Å². The first-order valence-electron chi connectivity index (χ1n) is 5.23. The van der Waals surface area contributed by atoms with Crippen LogP contribution < -0.4 is 10.6 Å². The molecule has 1 aromatic rings. The van der Waals surface area contributed by atoms with Gasteiger partial charge in [0.05, 0.1) is 23.5 Å². The Morgan fingerprint density at radius 3 is 2.41 bits per heavy atom. The Hall–Kier alpha value is -1.79. The van der Waals surface area contributed by atoms with Gasteiger partial charge in [-0.3, -0.25) is 0 Å². The van der Waals surface area contributed by atoms with Gasteiger partial charge < -0.3 is 26.0 Å². The Morgan fingerprint density at radius 2 is 1.88 bits per heavy atom. The van der Waals surface area contributed by atoms with Crippen molar-refractivity contribution in [1.29, 1.82) is 0 Å². The van der Waals surface area contributed by atoms with Crippen LogP contribution in [0.1, 0.15) is 10.4 Å². The third-order valence-electron chi connectivity index (χ3n) is 2.85. The molecule has 1 fully saturated rings. The summed E-state index contributed by atoms with van der Waals surface area (Å²) < 4.78 is 0. The number of aromatic carboxylic acids is 1. The van der Waals surface area contributed by atoms with Gasteiger partial charge in [0.25, 0.3) is 0 Å². The fourth-order valence-corrected chi connectivity index (χ4v) is 1.97. The normalized spacial score (nSPS) is 24.0. The van der Waals surface area contributed by atoms with Crippen LogP contribution in [0.4, 0.5) is 11.4 Å². The molecule has 1 aliphatic heterocycles. The summed E-state index contributed by atoms with van der Waals surface area (Å²) in [5, 5.41) is 28.0. The predicted octanol–water partition coefficient (Wildman–Crippen LogP) is -0.491. The van der Waals surface area contributed by atoms with Gasteiger partial charge in [0.1, 0.15) is 0 Å². The minimum atomic E-state index is -1.08. The van der Waals surface area contributed by atoms with Crippen molar-refractivity contribution in [2.75, 3.05) is 23.7 Å². The number of carboxylic acid groups (broad SMARTS) is 1. The van der Waals surface area contributed by atoms with Crippen molar-refractivity contribution in [3.05, 3.63) is 23.8 Å². The summed E-state index contributed by atoms with van der Waals surface area (Å²) in [7, 11) is 0. The van der Waals surface area contributed by atoms with Crippen LogP contribution in [0.5, 0.6) is 0 Å². The van der Waals surface area contributed by atoms with Crippen LogP contribution >= 0.6 is 0 Å². The Morgan fingerprint density at radius 1 is 1.29 bits per heavy atom. The highest BCUT2D eigenvalue weighted by atomic mass is 16.4. The number of β-amino-alcohol motifs (C(OH)–C–C–N with tert-alkyl or cyclic N) is 2. The topological polar surface area (TPSA) is 107 Å². The number of nitrogens with zero attached hydrogens (tertiary/aromatic N) is 1. The van der Waals surface area contributed by atoms with Crippen LogP contribution in [0.15, 0.2) is 18.2 Å². The van der Waals surface area contributed by atoms with E-state index in [1.165, 1.54) is 6.07 Å². The second-order valence-corrected chi connectivity index (χ2v) is 4.12. The molecular weight excluding hydrogens is 224 g/mol. The average Bonchev–Trinajstić information content (AvgIpc) is 2.59. The molecule has 6 nitrogen and oxygen atoms in total. The van der Waals surface area contributed by atoms with E-state index in [9.17, 15) is 15.0 Å². The molecule has 6 heteroatoms. The van der Waals surface area contributed by atoms with Crippen molar-refractivity contribution in [3.63, 3.8) is 0 Å². The molecule has 0 radical (unpaired) electrons. The largest absolute Gasteiger partial charge is 0.478 e. The molecule has 5 N–H and O–H groups in total. The van der Waals surface area contributed by atoms with Crippen LogP contribution in [0.2, 0.25) is 0 Å². The molecular formula is C11H14N2O4. The number of carboxylic acids is 1. The highest BCUT2D eigenvalue weighted by molar-refractivity contribution is 5.95. The predicted molar refractivity (Wildman–Crippen MR) is 62.0 cm³/mol. The fraction of sp³-hybridized carbons (Fsp3) is 0.364. The van der Waals surface area contributed by atoms with Crippen molar-refractivity contribution in [1.82, 2.24) is 0 Å². The summed E-state index contributed by atoms with van der Waals surface area (Å²) in [6.45, 7) is 0.427. The second-order valence-electron chi connectivity index (χ2n) is 4.12. The van der Waals surface area contributed by atoms with E-state index in [0.717, 1.165) is 0 Å². The van der Waals surface area contributed by atoms with E-state index < -0.39 is 18.2 Å². The van der Waals surface area contributed by atoms with Gasteiger partial charge in [0.15, 0.2) is 0 Å². The highest BCUT2D eigenvalue weighted by Crippen LogP contribution is 2.26. The first kappa shape index (κ1) is 11.7. The number of nitrogen functional groups attached to an aromatic ring is 1. The molecule has 2 atom stereocenters. The fourth-order valence-electron chi connectivity index (χ4n) is 1.97. The summed E-state index contributed by atoms with van der Waals surface area (Å²) in [5.41, 5.74) is 6.44. The zero-order valence-electron chi connectivity index (χ0n) is 9.08. The minimum absolute atomic E-state index is 0.0753. The molecule has 0 spiro atoms. The summed E-state index contributed by atoms with van der Waals surface area (Å²) in [4.78, 5) is 12.7. The zero-order chi connectivity index (χ0) is 12.6. The lowest BCUT2D eigenvalue weighted by molar-refractivity contribution is 0.0572. The van der Waals surface area contributed by atoms with Gasteiger partial charge in [-0.05, 0) is 18.2 Å². The number of carbonyl (C=O) groups is 1. The van der Waals surface area contributed by atoms with E-state index in [2.05, 4.69) is 0 Å². The smallest absolute Gasteiger partial charge is 0.337 e. The third-order valence-corrected chi connectivity index (χ3v) is 2.85. The van der Waals surface area contributed by atoms with Crippen molar-refractivity contribution in [2.24, 2.45) is 0 Å². The Bertz CT molecular complexity index is 439. The summed E-state index contributed by atoms with van der Waals surface area (Å²) >= 11 is 0. The molecule has 0 amide bonds. The van der Waals surface area contributed by atoms with E-state index in [1.54, 1.807) is 17.0 Å². The number of rotatable bonds is 2. The van der Waals surface area contributed by atoms with Crippen LogP contribution in [0.3, 0.4) is 0 Å². The van der Waals surface area contributed by atoms with Crippen LogP contribution in [0.25, 0.3) is 0 Å². The van der Waals surface area contributed by atoms with E-state index in [0.29, 0.717) is 11.4 Å². The molecule has 1 aliphatic rings. The minimum Gasteiger partial charge on any atom is -0.478 e. The third kappa shape index (κ3) is 2.17. The molecule has 92 valence electrons. The van der Waals surface area contributed by atoms with E-state index >= 15 is 0 Å². The number of hydrogen-bond acceptors (Lipinski definition) is 5. The molecule has 17 heavy (non-hydrogen) atoms. The Balaban J connectivity index is 2.36. The van der Waals surface area contributed by atoms with Crippen molar-refractivity contribution in [2.45, 2.75) is 12.2 Å². The van der Waals surface area contributed by atoms with E-state index in [-0.39, 0.29) is 18.7 Å². The quantitative estimate of drug-likeness (QED) is 0.518. The molecule has 2 rings (SSSR count). The summed E-state index contributed by atoms with van der Waals surface area (Å²) in [6, 6.07) is 4.55. The first-order chi connectivity index (χ1) is 7.99. The lowest BCUT2D eigenvalue weighted by atomic mass is 10.1. The van der Waals surface area contributed by atoms with Gasteiger partial charge in [-0.25, -0.2) is 4.79 Å². The average molecular weight is 238 g/mol. The molecule has 2 unspecified atom stereocenters. The molecule has 0 saturated carbocycles.